The molecule has 0 radical (unpaired) electrons. The number of hydrogen-bond donors (Lipinski definition) is 0. The molecule has 0 aliphatic heterocycles. The topological polar surface area (TPSA) is 104 Å². The van der Waals surface area contributed by atoms with Gasteiger partial charge in [-0.15, -0.1) is 0 Å². The highest BCUT2D eigenvalue weighted by Gasteiger charge is 2.48. The Kier molecular flexibility index (Phi) is 6.52. The van der Waals surface area contributed by atoms with Crippen LogP contribution in [0, 0.1) is 5.92 Å². The third kappa shape index (κ3) is 5.72. The van der Waals surface area contributed by atoms with E-state index in [1.165, 1.54) is 30.3 Å². The van der Waals surface area contributed by atoms with E-state index in [2.05, 4.69) is 4.18 Å². The highest BCUT2D eigenvalue weighted by molar-refractivity contribution is 7.90. The Balaban J connectivity index is 2.46. The highest BCUT2D eigenvalue weighted by atomic mass is 32.2. The molecular weight excluding hydrogens is 449 g/mol. The van der Waals surface area contributed by atoms with Crippen LogP contribution in [0.4, 0.5) is 13.2 Å². The number of rotatable bonds is 7. The second-order valence-corrected chi connectivity index (χ2v) is 10.1. The van der Waals surface area contributed by atoms with Gasteiger partial charge in [-0.2, -0.15) is 21.6 Å². The van der Waals surface area contributed by atoms with Crippen LogP contribution in [0.1, 0.15) is 24.2 Å². The molecule has 0 fully saturated rings. The van der Waals surface area contributed by atoms with Crippen molar-refractivity contribution in [1.82, 2.24) is 0 Å². The van der Waals surface area contributed by atoms with Gasteiger partial charge in [-0.1, -0.05) is 13.8 Å². The first kappa shape index (κ1) is 23.7. The zero-order chi connectivity index (χ0) is 22.9. The molecule has 0 spiro atoms. The Morgan fingerprint density at radius 2 is 1.43 bits per heavy atom. The number of benzene rings is 2. The van der Waals surface area contributed by atoms with Crippen molar-refractivity contribution in [3.8, 4) is 17.2 Å². The molecule has 0 aliphatic carbocycles. The van der Waals surface area contributed by atoms with Crippen LogP contribution in [-0.2, 0) is 20.0 Å². The summed E-state index contributed by atoms with van der Waals surface area (Å²) in [7, 11) is -9.41. The SMILES string of the molecule is CC(C)C(=O)c1cc(Oc2ccc(S(C)(=O)=O)cc2)cc(OS(=O)(=O)C(F)(F)F)c1. The summed E-state index contributed by atoms with van der Waals surface area (Å²) in [5, 5.41) is 0. The van der Waals surface area contributed by atoms with Crippen LogP contribution >= 0.6 is 0 Å². The summed E-state index contributed by atoms with van der Waals surface area (Å²) in [5.41, 5.74) is -5.78. The van der Waals surface area contributed by atoms with E-state index in [1.807, 2.05) is 0 Å². The van der Waals surface area contributed by atoms with Gasteiger partial charge in [-0.25, -0.2) is 8.42 Å². The van der Waals surface area contributed by atoms with Crippen molar-refractivity contribution in [3.05, 3.63) is 48.0 Å². The Morgan fingerprint density at radius 3 is 1.90 bits per heavy atom. The number of sulfone groups is 1. The predicted molar refractivity (Wildman–Crippen MR) is 101 cm³/mol. The molecule has 0 heterocycles. The lowest BCUT2D eigenvalue weighted by Gasteiger charge is -2.14. The van der Waals surface area contributed by atoms with E-state index >= 15 is 0 Å². The van der Waals surface area contributed by atoms with Crippen molar-refractivity contribution in [2.24, 2.45) is 5.92 Å². The van der Waals surface area contributed by atoms with E-state index in [0.717, 1.165) is 18.4 Å². The fourth-order valence-electron chi connectivity index (χ4n) is 2.22. The van der Waals surface area contributed by atoms with Crippen LogP contribution in [0.25, 0.3) is 0 Å². The van der Waals surface area contributed by atoms with Crippen molar-refractivity contribution in [2.75, 3.05) is 6.26 Å². The van der Waals surface area contributed by atoms with E-state index in [1.54, 1.807) is 13.8 Å². The average molecular weight is 466 g/mol. The molecule has 12 heteroatoms. The Labute approximate surface area is 171 Å². The third-order valence-corrected chi connectivity index (χ3v) is 5.77. The van der Waals surface area contributed by atoms with Crippen molar-refractivity contribution < 1.29 is 43.7 Å². The van der Waals surface area contributed by atoms with E-state index in [4.69, 9.17) is 4.74 Å². The number of halogens is 3. The second-order valence-electron chi connectivity index (χ2n) is 6.54. The summed E-state index contributed by atoms with van der Waals surface area (Å²) < 4.78 is 93.1. The van der Waals surface area contributed by atoms with Crippen LogP contribution in [0.2, 0.25) is 0 Å². The van der Waals surface area contributed by atoms with Crippen molar-refractivity contribution >= 4 is 25.7 Å². The molecule has 0 N–H and O–H groups in total. The van der Waals surface area contributed by atoms with Crippen molar-refractivity contribution in [2.45, 2.75) is 24.3 Å². The smallest absolute Gasteiger partial charge is 0.457 e. The first-order valence-corrected chi connectivity index (χ1v) is 11.6. The van der Waals surface area contributed by atoms with E-state index in [-0.39, 0.29) is 22.0 Å². The first-order valence-electron chi connectivity index (χ1n) is 8.28. The molecule has 0 aliphatic rings. The minimum atomic E-state index is -5.96. The number of ketones is 1. The largest absolute Gasteiger partial charge is 0.534 e. The van der Waals surface area contributed by atoms with Crippen LogP contribution < -0.4 is 8.92 Å². The maximum Gasteiger partial charge on any atom is 0.534 e. The van der Waals surface area contributed by atoms with Gasteiger partial charge in [-0.05, 0) is 36.4 Å². The van der Waals surface area contributed by atoms with E-state index in [0.29, 0.717) is 0 Å². The van der Waals surface area contributed by atoms with Gasteiger partial charge in [0.1, 0.15) is 17.2 Å². The third-order valence-electron chi connectivity index (χ3n) is 3.67. The monoisotopic (exact) mass is 466 g/mol. The number of Topliss-reactive ketones (excluding diaryl/α,β-unsaturated/α-hetero) is 1. The lowest BCUT2D eigenvalue weighted by atomic mass is 10.0. The quantitative estimate of drug-likeness (QED) is 0.346. The van der Waals surface area contributed by atoms with Crippen LogP contribution in [0.15, 0.2) is 47.4 Å². The standard InChI is InChI=1S/C18H17F3O7S2/c1-11(2)17(22)12-8-14(10-15(9-12)28-30(25,26)18(19,20)21)27-13-4-6-16(7-5-13)29(3,23)24/h4-11H,1-3H3. The summed E-state index contributed by atoms with van der Waals surface area (Å²) >= 11 is 0. The van der Waals surface area contributed by atoms with E-state index < -0.39 is 42.9 Å². The van der Waals surface area contributed by atoms with Crippen LogP contribution in [0.5, 0.6) is 17.2 Å². The summed E-state index contributed by atoms with van der Waals surface area (Å²) in [6.07, 6.45) is 1.01. The minimum Gasteiger partial charge on any atom is -0.457 e. The van der Waals surface area contributed by atoms with Crippen molar-refractivity contribution in [3.63, 3.8) is 0 Å². The van der Waals surface area contributed by atoms with Gasteiger partial charge in [0, 0.05) is 23.8 Å². The Morgan fingerprint density at radius 1 is 0.900 bits per heavy atom. The lowest BCUT2D eigenvalue weighted by Crippen LogP contribution is -2.28. The number of ether oxygens (including phenoxy) is 1. The number of carbonyl (C=O) groups is 1. The summed E-state index contributed by atoms with van der Waals surface area (Å²) in [6, 6.07) is 8.02. The summed E-state index contributed by atoms with van der Waals surface area (Å²) in [6.45, 7) is 3.10. The molecular formula is C18H17F3O7S2. The predicted octanol–water partition coefficient (Wildman–Crippen LogP) is 3.95. The molecule has 164 valence electrons. The molecule has 7 nitrogen and oxygen atoms in total. The molecule has 0 bridgehead atoms. The van der Waals surface area contributed by atoms with Gasteiger partial charge in [-0.3, -0.25) is 4.79 Å². The number of alkyl halides is 3. The van der Waals surface area contributed by atoms with Gasteiger partial charge in [0.05, 0.1) is 4.90 Å². The average Bonchev–Trinajstić information content (AvgIpc) is 2.59. The molecule has 2 aromatic carbocycles. The molecule has 30 heavy (non-hydrogen) atoms. The van der Waals surface area contributed by atoms with Crippen LogP contribution in [-0.4, -0.2) is 34.4 Å². The fourth-order valence-corrected chi connectivity index (χ4v) is 3.29. The summed E-state index contributed by atoms with van der Waals surface area (Å²) in [4.78, 5) is 12.3. The van der Waals surface area contributed by atoms with Gasteiger partial charge < -0.3 is 8.92 Å². The summed E-state index contributed by atoms with van der Waals surface area (Å²) in [5.74, 6) is -1.87. The normalized spacial score (nSPS) is 12.6. The molecule has 0 aromatic heterocycles. The maximum absolute atomic E-state index is 12.6. The number of carbonyl (C=O) groups excluding carboxylic acids is 1. The van der Waals surface area contributed by atoms with Gasteiger partial charge >= 0.3 is 15.6 Å². The van der Waals surface area contributed by atoms with Crippen LogP contribution in [0.3, 0.4) is 0 Å². The fraction of sp³-hybridized carbons (Fsp3) is 0.278. The Bertz CT molecular complexity index is 1150. The zero-order valence-corrected chi connectivity index (χ0v) is 17.6. The van der Waals surface area contributed by atoms with E-state index in [9.17, 15) is 34.8 Å². The molecule has 0 atom stereocenters. The zero-order valence-electron chi connectivity index (χ0n) is 15.9. The van der Waals surface area contributed by atoms with Gasteiger partial charge in [0.25, 0.3) is 0 Å². The first-order chi connectivity index (χ1) is 13.6. The van der Waals surface area contributed by atoms with Gasteiger partial charge in [0.2, 0.25) is 0 Å². The number of hydrogen-bond acceptors (Lipinski definition) is 7. The van der Waals surface area contributed by atoms with Gasteiger partial charge in [0.15, 0.2) is 15.6 Å². The second kappa shape index (κ2) is 8.26. The minimum absolute atomic E-state index is 0.0129. The molecule has 0 saturated heterocycles. The molecule has 0 unspecified atom stereocenters. The van der Waals surface area contributed by atoms with Crippen molar-refractivity contribution in [1.29, 1.82) is 0 Å². The molecule has 0 amide bonds. The lowest BCUT2D eigenvalue weighted by molar-refractivity contribution is -0.0500. The maximum atomic E-state index is 12.6. The molecule has 2 rings (SSSR count). The molecule has 2 aromatic rings. The Hall–Kier alpha value is -2.60. The molecule has 0 saturated carbocycles. The highest BCUT2D eigenvalue weighted by Crippen LogP contribution is 2.32.